The maximum absolute atomic E-state index is 13.1. The molecule has 14 heteroatoms. The first kappa shape index (κ1) is 34.8. The van der Waals surface area contributed by atoms with Gasteiger partial charge in [-0.2, -0.15) is 4.98 Å². The molecule has 1 N–H and O–H groups in total. The van der Waals surface area contributed by atoms with Crippen molar-refractivity contribution in [3.8, 4) is 11.8 Å². The molecule has 0 radical (unpaired) electrons. The molecular formula is C34H38Cl2N6O6. The summed E-state index contributed by atoms with van der Waals surface area (Å²) < 4.78 is 19.1. The van der Waals surface area contributed by atoms with Gasteiger partial charge in [0, 0.05) is 36.9 Å². The lowest BCUT2D eigenvalue weighted by molar-refractivity contribution is -0.127. The number of ether oxygens (including phenoxy) is 3. The first-order valence-corrected chi connectivity index (χ1v) is 16.2. The van der Waals surface area contributed by atoms with E-state index in [0.29, 0.717) is 53.1 Å². The van der Waals surface area contributed by atoms with E-state index in [1.807, 2.05) is 34.9 Å². The second-order valence-electron chi connectivity index (χ2n) is 12.4. The minimum atomic E-state index is -0.629. The number of anilines is 1. The van der Waals surface area contributed by atoms with E-state index in [1.165, 1.54) is 9.80 Å². The third-order valence-corrected chi connectivity index (χ3v) is 8.61. The largest absolute Gasteiger partial charge is 0.486 e. The number of para-hydroxylation sites is 1. The monoisotopic (exact) mass is 696 g/mol. The van der Waals surface area contributed by atoms with Gasteiger partial charge in [0.15, 0.2) is 0 Å². The number of likely N-dealkylation sites (tertiary alicyclic amines) is 1. The lowest BCUT2D eigenvalue weighted by Gasteiger charge is -2.24. The zero-order chi connectivity index (χ0) is 34.6. The molecule has 2 aromatic carbocycles. The minimum absolute atomic E-state index is 0.00533. The third-order valence-electron chi connectivity index (χ3n) is 7.83. The van der Waals surface area contributed by atoms with Gasteiger partial charge in [-0.15, -0.1) is 0 Å². The van der Waals surface area contributed by atoms with Gasteiger partial charge in [0.2, 0.25) is 11.8 Å². The molecule has 0 saturated carbocycles. The molecule has 48 heavy (non-hydrogen) atoms. The maximum Gasteiger partial charge on any atom is 0.410 e. The van der Waals surface area contributed by atoms with Gasteiger partial charge < -0.3 is 29.3 Å². The van der Waals surface area contributed by atoms with Crippen molar-refractivity contribution in [1.29, 1.82) is 0 Å². The Morgan fingerprint density at radius 2 is 1.88 bits per heavy atom. The number of hydrogen-bond acceptors (Lipinski definition) is 8. The molecule has 1 aliphatic heterocycles. The Bertz CT molecular complexity index is 1810. The van der Waals surface area contributed by atoms with E-state index in [0.717, 1.165) is 11.2 Å². The fourth-order valence-corrected chi connectivity index (χ4v) is 5.94. The van der Waals surface area contributed by atoms with Crippen LogP contribution >= 0.6 is 23.2 Å². The van der Waals surface area contributed by atoms with Crippen LogP contribution in [0.3, 0.4) is 0 Å². The van der Waals surface area contributed by atoms with Gasteiger partial charge in [0.1, 0.15) is 23.5 Å². The van der Waals surface area contributed by atoms with Gasteiger partial charge in [-0.3, -0.25) is 19.1 Å². The standard InChI is InChI=1S/C34H38Cl2N6O6/c1-34(2,3)48-33(45)41-16-14-21(18-41)31(44)38-17-28(43)40(4)25-13-12-24(35)23(29(25)36)20-47-27-11-8-10-26-30(27)39-32(46-5)42(26)19-22-9-6-7-15-37-22/h6-13,15,21H,14,16-20H2,1-5H3,(H,38,44)/t21-/m1/s1. The van der Waals surface area contributed by atoms with E-state index < -0.39 is 23.5 Å². The summed E-state index contributed by atoms with van der Waals surface area (Å²) in [4.78, 5) is 50.3. The summed E-state index contributed by atoms with van der Waals surface area (Å²) in [7, 11) is 3.12. The van der Waals surface area contributed by atoms with E-state index in [2.05, 4.69) is 15.3 Å². The number of carbonyl (C=O) groups excluding carboxylic acids is 3. The Balaban J connectivity index is 1.24. The number of pyridine rings is 1. The number of halogens is 2. The highest BCUT2D eigenvalue weighted by molar-refractivity contribution is 6.38. The molecule has 4 aromatic rings. The molecule has 1 atom stereocenters. The molecule has 1 aliphatic rings. The van der Waals surface area contributed by atoms with Gasteiger partial charge in [-0.1, -0.05) is 35.3 Å². The fraction of sp³-hybridized carbons (Fsp3) is 0.382. The van der Waals surface area contributed by atoms with E-state index in [9.17, 15) is 14.4 Å². The quantitative estimate of drug-likeness (QED) is 0.223. The number of likely N-dealkylation sites (N-methyl/N-ethyl adjacent to an activating group) is 1. The highest BCUT2D eigenvalue weighted by Crippen LogP contribution is 2.36. The van der Waals surface area contributed by atoms with Crippen molar-refractivity contribution in [2.45, 2.75) is 45.9 Å². The third kappa shape index (κ3) is 7.94. The molecule has 5 rings (SSSR count). The first-order chi connectivity index (χ1) is 22.9. The Hall–Kier alpha value is -4.55. The molecule has 0 bridgehead atoms. The van der Waals surface area contributed by atoms with Gasteiger partial charge in [0.25, 0.3) is 6.01 Å². The van der Waals surface area contributed by atoms with Gasteiger partial charge >= 0.3 is 6.09 Å². The van der Waals surface area contributed by atoms with E-state index in [-0.39, 0.29) is 30.6 Å². The minimum Gasteiger partial charge on any atom is -0.486 e. The van der Waals surface area contributed by atoms with Crippen LogP contribution in [0.25, 0.3) is 11.0 Å². The van der Waals surface area contributed by atoms with Gasteiger partial charge in [-0.25, -0.2) is 4.79 Å². The number of hydrogen-bond donors (Lipinski definition) is 1. The van der Waals surface area contributed by atoms with E-state index >= 15 is 0 Å². The predicted octanol–water partition coefficient (Wildman–Crippen LogP) is 5.71. The molecule has 0 aliphatic carbocycles. The zero-order valence-electron chi connectivity index (χ0n) is 27.5. The van der Waals surface area contributed by atoms with Crippen LogP contribution < -0.4 is 19.7 Å². The molecule has 3 amide bonds. The zero-order valence-corrected chi connectivity index (χ0v) is 29.0. The number of amides is 3. The Morgan fingerprint density at radius 1 is 1.08 bits per heavy atom. The van der Waals surface area contributed by atoms with Crippen molar-refractivity contribution < 1.29 is 28.6 Å². The smallest absolute Gasteiger partial charge is 0.410 e. The second-order valence-corrected chi connectivity index (χ2v) is 13.1. The molecule has 2 aromatic heterocycles. The van der Waals surface area contributed by atoms with E-state index in [1.54, 1.807) is 59.3 Å². The summed E-state index contributed by atoms with van der Waals surface area (Å²) in [5.41, 5.74) is 2.48. The molecule has 0 spiro atoms. The van der Waals surface area contributed by atoms with Crippen molar-refractivity contribution in [2.24, 2.45) is 5.92 Å². The summed E-state index contributed by atoms with van der Waals surface area (Å²) >= 11 is 13.3. The normalized spacial score (nSPS) is 14.6. The van der Waals surface area contributed by atoms with Crippen molar-refractivity contribution in [3.63, 3.8) is 0 Å². The van der Waals surface area contributed by atoms with Gasteiger partial charge in [0.05, 0.1) is 48.0 Å². The van der Waals surface area contributed by atoms with Crippen LogP contribution in [-0.2, 0) is 27.5 Å². The van der Waals surface area contributed by atoms with Crippen molar-refractivity contribution in [3.05, 3.63) is 76.0 Å². The van der Waals surface area contributed by atoms with Crippen LogP contribution in [0.5, 0.6) is 11.8 Å². The Morgan fingerprint density at radius 3 is 2.58 bits per heavy atom. The maximum atomic E-state index is 13.1. The Kier molecular flexibility index (Phi) is 10.6. The molecule has 12 nitrogen and oxygen atoms in total. The molecule has 1 fully saturated rings. The Labute approximate surface area is 288 Å². The molecule has 1 saturated heterocycles. The topological polar surface area (TPSA) is 128 Å². The number of benzene rings is 2. The lowest BCUT2D eigenvalue weighted by Crippen LogP contribution is -2.42. The van der Waals surface area contributed by atoms with Crippen LogP contribution in [0.4, 0.5) is 10.5 Å². The van der Waals surface area contributed by atoms with Crippen LogP contribution in [-0.4, -0.2) is 76.7 Å². The summed E-state index contributed by atoms with van der Waals surface area (Å²) in [6.45, 7) is 6.19. The van der Waals surface area contributed by atoms with Crippen LogP contribution in [0.1, 0.15) is 38.4 Å². The van der Waals surface area contributed by atoms with Gasteiger partial charge in [-0.05, 0) is 63.6 Å². The molecule has 3 heterocycles. The highest BCUT2D eigenvalue weighted by Gasteiger charge is 2.33. The van der Waals surface area contributed by atoms with Crippen LogP contribution in [0.15, 0.2) is 54.7 Å². The van der Waals surface area contributed by atoms with Crippen molar-refractivity contribution in [2.75, 3.05) is 38.7 Å². The fourth-order valence-electron chi connectivity index (χ4n) is 5.33. The summed E-state index contributed by atoms with van der Waals surface area (Å²) in [5, 5.41) is 3.29. The number of aromatic nitrogens is 3. The predicted molar refractivity (Wildman–Crippen MR) is 183 cm³/mol. The lowest BCUT2D eigenvalue weighted by atomic mass is 10.1. The summed E-state index contributed by atoms with van der Waals surface area (Å²) in [6, 6.07) is 15.0. The number of nitrogens with zero attached hydrogens (tertiary/aromatic N) is 5. The first-order valence-electron chi connectivity index (χ1n) is 15.4. The van der Waals surface area contributed by atoms with E-state index in [4.69, 9.17) is 37.4 Å². The number of carbonyl (C=O) groups is 3. The SMILES string of the molecule is COc1nc2c(OCc3c(Cl)ccc(N(C)C(=O)CNC(=O)[C@@H]4CCN(C(=O)OC(C)(C)C)C4)c3Cl)cccc2n1Cc1ccccn1. The second kappa shape index (κ2) is 14.7. The summed E-state index contributed by atoms with van der Waals surface area (Å²) in [5.74, 6) is -0.652. The molecule has 0 unspecified atom stereocenters. The van der Waals surface area contributed by atoms with Crippen molar-refractivity contribution >= 4 is 57.8 Å². The summed E-state index contributed by atoms with van der Waals surface area (Å²) in [6.07, 6.45) is 1.75. The van der Waals surface area contributed by atoms with Crippen LogP contribution in [0.2, 0.25) is 10.0 Å². The number of rotatable bonds is 10. The number of imidazole rings is 1. The average molecular weight is 698 g/mol. The average Bonchev–Trinajstić information content (AvgIpc) is 3.69. The highest BCUT2D eigenvalue weighted by atomic mass is 35.5. The number of methoxy groups -OCH3 is 1. The molecule has 254 valence electrons. The molecular weight excluding hydrogens is 659 g/mol. The van der Waals surface area contributed by atoms with Crippen LogP contribution in [0, 0.1) is 5.92 Å². The number of nitrogens with one attached hydrogen (secondary N) is 1. The number of fused-ring (bicyclic) bond motifs is 1. The van der Waals surface area contributed by atoms with Crippen molar-refractivity contribution in [1.82, 2.24) is 24.8 Å².